The smallest absolute Gasteiger partial charge is 0.409 e. The summed E-state index contributed by atoms with van der Waals surface area (Å²) in [4.78, 5) is 25.5. The van der Waals surface area contributed by atoms with Crippen LogP contribution in [0.15, 0.2) is 48.8 Å². The van der Waals surface area contributed by atoms with Crippen molar-refractivity contribution in [3.05, 3.63) is 54.4 Å². The first-order chi connectivity index (χ1) is 11.7. The standard InChI is InChI=1S/C18H21N3O3/c1-24-18(23)21-12-8-15(9-13-21)19-17(22)14-4-6-16(7-5-14)20-10-2-3-11-20/h2-7,10-11,15H,8-9,12-13H2,1H3,(H,19,22). The molecule has 0 bridgehead atoms. The normalized spacial score (nSPS) is 15.1. The van der Waals surface area contributed by atoms with Crippen LogP contribution in [0.3, 0.4) is 0 Å². The van der Waals surface area contributed by atoms with Gasteiger partial charge in [0.2, 0.25) is 0 Å². The third-order valence-corrected chi connectivity index (χ3v) is 4.30. The zero-order valence-electron chi connectivity index (χ0n) is 13.6. The van der Waals surface area contributed by atoms with E-state index in [1.807, 2.05) is 53.4 Å². The minimum atomic E-state index is -0.305. The van der Waals surface area contributed by atoms with Gasteiger partial charge in [0, 0.05) is 42.8 Å². The SMILES string of the molecule is COC(=O)N1CCC(NC(=O)c2ccc(-n3cccc3)cc2)CC1. The van der Waals surface area contributed by atoms with E-state index in [1.165, 1.54) is 7.11 Å². The summed E-state index contributed by atoms with van der Waals surface area (Å²) in [6.07, 6.45) is 5.10. The summed E-state index contributed by atoms with van der Waals surface area (Å²) < 4.78 is 6.71. The number of rotatable bonds is 3. The van der Waals surface area contributed by atoms with Gasteiger partial charge in [-0.2, -0.15) is 0 Å². The number of nitrogens with zero attached hydrogens (tertiary/aromatic N) is 2. The van der Waals surface area contributed by atoms with Gasteiger partial charge in [-0.25, -0.2) is 4.79 Å². The first-order valence-electron chi connectivity index (χ1n) is 8.04. The Hall–Kier alpha value is -2.76. The second-order valence-corrected chi connectivity index (χ2v) is 5.84. The van der Waals surface area contributed by atoms with E-state index in [4.69, 9.17) is 4.74 Å². The number of ether oxygens (including phenoxy) is 1. The molecule has 2 heterocycles. The lowest BCUT2D eigenvalue weighted by Crippen LogP contribution is -2.46. The number of hydrogen-bond donors (Lipinski definition) is 1. The molecule has 2 amide bonds. The van der Waals surface area contributed by atoms with Crippen molar-refractivity contribution >= 4 is 12.0 Å². The average molecular weight is 327 g/mol. The number of benzene rings is 1. The van der Waals surface area contributed by atoms with Crippen molar-refractivity contribution in [3.8, 4) is 5.69 Å². The number of carbonyl (C=O) groups excluding carboxylic acids is 2. The van der Waals surface area contributed by atoms with E-state index in [-0.39, 0.29) is 18.0 Å². The van der Waals surface area contributed by atoms with E-state index in [2.05, 4.69) is 5.32 Å². The second kappa shape index (κ2) is 7.21. The van der Waals surface area contributed by atoms with E-state index in [0.29, 0.717) is 18.7 Å². The Morgan fingerprint density at radius 3 is 2.29 bits per heavy atom. The molecule has 1 aliphatic rings. The van der Waals surface area contributed by atoms with Crippen LogP contribution in [0.25, 0.3) is 5.69 Å². The largest absolute Gasteiger partial charge is 0.453 e. The number of nitrogens with one attached hydrogen (secondary N) is 1. The maximum atomic E-state index is 12.4. The van der Waals surface area contributed by atoms with Gasteiger partial charge in [0.1, 0.15) is 0 Å². The van der Waals surface area contributed by atoms with E-state index < -0.39 is 0 Å². The maximum absolute atomic E-state index is 12.4. The van der Waals surface area contributed by atoms with Crippen LogP contribution in [0.2, 0.25) is 0 Å². The van der Waals surface area contributed by atoms with Crippen LogP contribution in [-0.4, -0.2) is 47.7 Å². The second-order valence-electron chi connectivity index (χ2n) is 5.84. The van der Waals surface area contributed by atoms with Crippen molar-refractivity contribution in [2.45, 2.75) is 18.9 Å². The van der Waals surface area contributed by atoms with E-state index in [9.17, 15) is 9.59 Å². The van der Waals surface area contributed by atoms with Gasteiger partial charge in [-0.15, -0.1) is 0 Å². The topological polar surface area (TPSA) is 63.6 Å². The summed E-state index contributed by atoms with van der Waals surface area (Å²) in [5, 5.41) is 3.04. The highest BCUT2D eigenvalue weighted by Crippen LogP contribution is 2.14. The molecule has 1 fully saturated rings. The zero-order valence-corrected chi connectivity index (χ0v) is 13.6. The van der Waals surface area contributed by atoms with E-state index >= 15 is 0 Å². The lowest BCUT2D eigenvalue weighted by Gasteiger charge is -2.31. The number of likely N-dealkylation sites (tertiary alicyclic amines) is 1. The molecule has 6 nitrogen and oxygen atoms in total. The molecule has 3 rings (SSSR count). The van der Waals surface area contributed by atoms with Crippen molar-refractivity contribution in [2.24, 2.45) is 0 Å². The fraction of sp³-hybridized carbons (Fsp3) is 0.333. The van der Waals surface area contributed by atoms with Gasteiger partial charge in [-0.05, 0) is 49.2 Å². The first-order valence-corrected chi connectivity index (χ1v) is 8.04. The summed E-state index contributed by atoms with van der Waals surface area (Å²) in [7, 11) is 1.38. The van der Waals surface area contributed by atoms with Crippen LogP contribution >= 0.6 is 0 Å². The van der Waals surface area contributed by atoms with Crippen LogP contribution in [0.5, 0.6) is 0 Å². The molecule has 2 aromatic rings. The fourth-order valence-electron chi connectivity index (χ4n) is 2.90. The molecule has 0 radical (unpaired) electrons. The Kier molecular flexibility index (Phi) is 4.84. The number of amides is 2. The molecule has 24 heavy (non-hydrogen) atoms. The van der Waals surface area contributed by atoms with Gasteiger partial charge in [0.15, 0.2) is 0 Å². The molecule has 1 aromatic heterocycles. The minimum absolute atomic E-state index is 0.0782. The predicted octanol–water partition coefficient (Wildman–Crippen LogP) is 2.44. The highest BCUT2D eigenvalue weighted by Gasteiger charge is 2.24. The van der Waals surface area contributed by atoms with Crippen molar-refractivity contribution in [2.75, 3.05) is 20.2 Å². The maximum Gasteiger partial charge on any atom is 0.409 e. The highest BCUT2D eigenvalue weighted by molar-refractivity contribution is 5.94. The third-order valence-electron chi connectivity index (χ3n) is 4.30. The molecule has 126 valence electrons. The highest BCUT2D eigenvalue weighted by atomic mass is 16.5. The summed E-state index contributed by atoms with van der Waals surface area (Å²) in [5.41, 5.74) is 1.66. The van der Waals surface area contributed by atoms with Crippen LogP contribution in [-0.2, 0) is 4.74 Å². The number of aromatic nitrogens is 1. The fourth-order valence-corrected chi connectivity index (χ4v) is 2.90. The van der Waals surface area contributed by atoms with Gasteiger partial charge in [0.05, 0.1) is 7.11 Å². The summed E-state index contributed by atoms with van der Waals surface area (Å²) >= 11 is 0. The molecule has 1 N–H and O–H groups in total. The van der Waals surface area contributed by atoms with Crippen molar-refractivity contribution < 1.29 is 14.3 Å². The lowest BCUT2D eigenvalue weighted by molar-refractivity contribution is 0.0892. The third kappa shape index (κ3) is 3.59. The number of methoxy groups -OCH3 is 1. The van der Waals surface area contributed by atoms with Crippen molar-refractivity contribution in [3.63, 3.8) is 0 Å². The van der Waals surface area contributed by atoms with Gasteiger partial charge < -0.3 is 19.5 Å². The molecule has 1 aromatic carbocycles. The molecule has 1 aliphatic heterocycles. The van der Waals surface area contributed by atoms with Crippen molar-refractivity contribution in [1.29, 1.82) is 0 Å². The van der Waals surface area contributed by atoms with Gasteiger partial charge in [-0.1, -0.05) is 0 Å². The molecule has 0 spiro atoms. The predicted molar refractivity (Wildman–Crippen MR) is 90.2 cm³/mol. The van der Waals surface area contributed by atoms with E-state index in [1.54, 1.807) is 4.90 Å². The summed E-state index contributed by atoms with van der Waals surface area (Å²) in [6.45, 7) is 1.20. The molecule has 1 saturated heterocycles. The van der Waals surface area contributed by atoms with Gasteiger partial charge in [0.25, 0.3) is 5.91 Å². The number of piperidine rings is 1. The lowest BCUT2D eigenvalue weighted by atomic mass is 10.0. The quantitative estimate of drug-likeness (QED) is 0.942. The Labute approximate surface area is 141 Å². The van der Waals surface area contributed by atoms with Crippen LogP contribution in [0.1, 0.15) is 23.2 Å². The molecule has 6 heteroatoms. The number of carbonyl (C=O) groups is 2. The summed E-state index contributed by atoms with van der Waals surface area (Å²) in [5.74, 6) is -0.0782. The molecule has 0 saturated carbocycles. The van der Waals surface area contributed by atoms with Gasteiger partial charge in [-0.3, -0.25) is 4.79 Å². The molecular formula is C18H21N3O3. The summed E-state index contributed by atoms with van der Waals surface area (Å²) in [6, 6.07) is 11.5. The van der Waals surface area contributed by atoms with E-state index in [0.717, 1.165) is 18.5 Å². The van der Waals surface area contributed by atoms with Gasteiger partial charge >= 0.3 is 6.09 Å². The van der Waals surface area contributed by atoms with Crippen LogP contribution in [0.4, 0.5) is 4.79 Å². The van der Waals surface area contributed by atoms with Crippen molar-refractivity contribution in [1.82, 2.24) is 14.8 Å². The Bertz CT molecular complexity index is 687. The number of hydrogen-bond acceptors (Lipinski definition) is 3. The minimum Gasteiger partial charge on any atom is -0.453 e. The Balaban J connectivity index is 1.55. The Morgan fingerprint density at radius 2 is 1.71 bits per heavy atom. The molecule has 0 aliphatic carbocycles. The Morgan fingerprint density at radius 1 is 1.08 bits per heavy atom. The molecular weight excluding hydrogens is 306 g/mol. The first kappa shape index (κ1) is 16.1. The zero-order chi connectivity index (χ0) is 16.9. The molecule has 0 atom stereocenters. The monoisotopic (exact) mass is 327 g/mol. The van der Waals surface area contributed by atoms with Crippen LogP contribution in [0, 0.1) is 0 Å². The average Bonchev–Trinajstić information content (AvgIpc) is 3.16. The molecule has 0 unspecified atom stereocenters. The van der Waals surface area contributed by atoms with Crippen LogP contribution < -0.4 is 5.32 Å².